The van der Waals surface area contributed by atoms with Crippen LogP contribution in [0.15, 0.2) is 65.7 Å². The molecular weight excluding hydrogens is 347 g/mol. The molecule has 0 radical (unpaired) electrons. The maximum atomic E-state index is 13.0. The van der Waals surface area contributed by atoms with Crippen LogP contribution in [0, 0.1) is 5.82 Å². The summed E-state index contributed by atoms with van der Waals surface area (Å²) < 4.78 is 14.2. The van der Waals surface area contributed by atoms with Gasteiger partial charge in [0, 0.05) is 37.1 Å². The molecule has 27 heavy (non-hydrogen) atoms. The van der Waals surface area contributed by atoms with Gasteiger partial charge in [0.25, 0.3) is 5.56 Å². The summed E-state index contributed by atoms with van der Waals surface area (Å²) in [7, 11) is 3.87. The molecule has 3 rings (SSSR count). The van der Waals surface area contributed by atoms with E-state index in [-0.39, 0.29) is 23.8 Å². The van der Waals surface area contributed by atoms with Gasteiger partial charge >= 0.3 is 0 Å². The van der Waals surface area contributed by atoms with Gasteiger partial charge in [-0.3, -0.25) is 14.2 Å². The first kappa shape index (κ1) is 18.3. The summed E-state index contributed by atoms with van der Waals surface area (Å²) >= 11 is 0. The van der Waals surface area contributed by atoms with Crippen LogP contribution in [-0.4, -0.2) is 29.6 Å². The summed E-state index contributed by atoms with van der Waals surface area (Å²) in [4.78, 5) is 30.6. The number of benzene rings is 2. The van der Waals surface area contributed by atoms with Gasteiger partial charge in [0.05, 0.1) is 12.0 Å². The van der Waals surface area contributed by atoms with E-state index in [1.165, 1.54) is 29.1 Å². The van der Waals surface area contributed by atoms with Gasteiger partial charge in [0.2, 0.25) is 5.91 Å². The summed E-state index contributed by atoms with van der Waals surface area (Å²) in [6, 6.07) is 14.4. The molecule has 0 spiro atoms. The highest BCUT2D eigenvalue weighted by molar-refractivity contribution is 5.90. The third-order valence-corrected chi connectivity index (χ3v) is 4.00. The molecular formula is C20H19FN4O2. The number of nitrogens with one attached hydrogen (secondary N) is 1. The van der Waals surface area contributed by atoms with Gasteiger partial charge in [-0.25, -0.2) is 9.37 Å². The number of nitrogens with zero attached hydrogens (tertiary/aromatic N) is 3. The molecule has 1 aromatic heterocycles. The Hall–Kier alpha value is -3.48. The normalized spacial score (nSPS) is 10.5. The highest BCUT2D eigenvalue weighted by Crippen LogP contribution is 2.16. The average Bonchev–Trinajstić information content (AvgIpc) is 2.64. The number of rotatable bonds is 5. The Morgan fingerprint density at radius 1 is 1.11 bits per heavy atom. The third-order valence-electron chi connectivity index (χ3n) is 4.00. The van der Waals surface area contributed by atoms with Crippen LogP contribution in [0.4, 0.5) is 15.8 Å². The molecule has 7 heteroatoms. The average molecular weight is 366 g/mol. The van der Waals surface area contributed by atoms with Crippen molar-refractivity contribution in [3.8, 4) is 11.3 Å². The number of hydrogen-bond donors (Lipinski definition) is 1. The summed E-state index contributed by atoms with van der Waals surface area (Å²) in [5.41, 5.74) is 2.36. The molecule has 0 bridgehead atoms. The van der Waals surface area contributed by atoms with E-state index in [0.29, 0.717) is 16.9 Å². The Kier molecular flexibility index (Phi) is 5.30. The van der Waals surface area contributed by atoms with Crippen molar-refractivity contribution >= 4 is 17.3 Å². The first-order chi connectivity index (χ1) is 12.9. The molecule has 6 nitrogen and oxygen atoms in total. The van der Waals surface area contributed by atoms with Gasteiger partial charge in [-0.2, -0.15) is 0 Å². The molecule has 1 heterocycles. The van der Waals surface area contributed by atoms with Crippen molar-refractivity contribution in [2.24, 2.45) is 0 Å². The van der Waals surface area contributed by atoms with E-state index in [4.69, 9.17) is 0 Å². The SMILES string of the molecule is CN(C)c1ccc(NC(=O)Cn2cnc(-c3ccc(F)cc3)cc2=O)cc1. The lowest BCUT2D eigenvalue weighted by Crippen LogP contribution is -2.27. The highest BCUT2D eigenvalue weighted by atomic mass is 19.1. The lowest BCUT2D eigenvalue weighted by Gasteiger charge is -2.13. The van der Waals surface area contributed by atoms with E-state index >= 15 is 0 Å². The number of amides is 1. The largest absolute Gasteiger partial charge is 0.378 e. The summed E-state index contributed by atoms with van der Waals surface area (Å²) in [5, 5.41) is 2.75. The van der Waals surface area contributed by atoms with E-state index in [9.17, 15) is 14.0 Å². The third kappa shape index (κ3) is 4.58. The van der Waals surface area contributed by atoms with Crippen LogP contribution in [0.2, 0.25) is 0 Å². The van der Waals surface area contributed by atoms with Crippen LogP contribution in [0.3, 0.4) is 0 Å². The quantitative estimate of drug-likeness (QED) is 0.754. The van der Waals surface area contributed by atoms with E-state index in [0.717, 1.165) is 5.69 Å². The molecule has 1 amide bonds. The second-order valence-corrected chi connectivity index (χ2v) is 6.24. The van der Waals surface area contributed by atoms with Crippen molar-refractivity contribution in [1.29, 1.82) is 0 Å². The minimum atomic E-state index is -0.359. The highest BCUT2D eigenvalue weighted by Gasteiger charge is 2.08. The molecule has 138 valence electrons. The van der Waals surface area contributed by atoms with Gasteiger partial charge in [0.15, 0.2) is 0 Å². The van der Waals surface area contributed by atoms with E-state index in [2.05, 4.69) is 10.3 Å². The maximum absolute atomic E-state index is 13.0. The first-order valence-electron chi connectivity index (χ1n) is 8.32. The molecule has 0 unspecified atom stereocenters. The fourth-order valence-corrected chi connectivity index (χ4v) is 2.52. The van der Waals surface area contributed by atoms with Crippen LogP contribution in [0.25, 0.3) is 11.3 Å². The van der Waals surface area contributed by atoms with Crippen molar-refractivity contribution in [2.75, 3.05) is 24.3 Å². The van der Waals surface area contributed by atoms with Crippen LogP contribution in [-0.2, 0) is 11.3 Å². The van der Waals surface area contributed by atoms with Crippen molar-refractivity contribution in [2.45, 2.75) is 6.54 Å². The topological polar surface area (TPSA) is 67.2 Å². The zero-order valence-corrected chi connectivity index (χ0v) is 15.0. The Balaban J connectivity index is 1.69. The molecule has 0 saturated heterocycles. The smallest absolute Gasteiger partial charge is 0.254 e. The van der Waals surface area contributed by atoms with E-state index < -0.39 is 0 Å². The number of hydrogen-bond acceptors (Lipinski definition) is 4. The Bertz CT molecular complexity index is 996. The fourth-order valence-electron chi connectivity index (χ4n) is 2.52. The Morgan fingerprint density at radius 2 is 1.78 bits per heavy atom. The number of aromatic nitrogens is 2. The van der Waals surface area contributed by atoms with E-state index in [1.54, 1.807) is 24.3 Å². The van der Waals surface area contributed by atoms with Crippen molar-refractivity contribution in [1.82, 2.24) is 9.55 Å². The second-order valence-electron chi connectivity index (χ2n) is 6.24. The van der Waals surface area contributed by atoms with Crippen LogP contribution < -0.4 is 15.8 Å². The molecule has 0 fully saturated rings. The van der Waals surface area contributed by atoms with Gasteiger partial charge < -0.3 is 10.2 Å². The monoisotopic (exact) mass is 366 g/mol. The van der Waals surface area contributed by atoms with E-state index in [1.807, 2.05) is 31.1 Å². The molecule has 0 atom stereocenters. The fraction of sp³-hybridized carbons (Fsp3) is 0.150. The van der Waals surface area contributed by atoms with Gasteiger partial charge in [0.1, 0.15) is 12.4 Å². The molecule has 3 aromatic rings. The number of carbonyl (C=O) groups excluding carboxylic acids is 1. The minimum absolute atomic E-state index is 0.148. The van der Waals surface area contributed by atoms with Crippen LogP contribution >= 0.6 is 0 Å². The standard InChI is InChI=1S/C20H19FN4O2/c1-24(2)17-9-7-16(8-10-17)23-19(26)12-25-13-22-18(11-20(25)27)14-3-5-15(21)6-4-14/h3-11,13H,12H2,1-2H3,(H,23,26). The lowest BCUT2D eigenvalue weighted by atomic mass is 10.1. The molecule has 0 aliphatic carbocycles. The zero-order valence-electron chi connectivity index (χ0n) is 15.0. The van der Waals surface area contributed by atoms with Crippen molar-refractivity contribution in [3.05, 3.63) is 77.1 Å². The van der Waals surface area contributed by atoms with Crippen molar-refractivity contribution in [3.63, 3.8) is 0 Å². The summed E-state index contributed by atoms with van der Waals surface area (Å²) in [6.45, 7) is -0.148. The van der Waals surface area contributed by atoms with Crippen LogP contribution in [0.1, 0.15) is 0 Å². The summed E-state index contributed by atoms with van der Waals surface area (Å²) in [5.74, 6) is -0.687. The van der Waals surface area contributed by atoms with Crippen molar-refractivity contribution < 1.29 is 9.18 Å². The number of halogens is 1. The zero-order chi connectivity index (χ0) is 19.4. The Morgan fingerprint density at radius 3 is 2.37 bits per heavy atom. The van der Waals surface area contributed by atoms with Gasteiger partial charge in [-0.1, -0.05) is 0 Å². The molecule has 2 aromatic carbocycles. The summed E-state index contributed by atoms with van der Waals surface area (Å²) in [6.07, 6.45) is 1.32. The number of anilines is 2. The second kappa shape index (κ2) is 7.82. The van der Waals surface area contributed by atoms with Gasteiger partial charge in [-0.15, -0.1) is 0 Å². The number of carbonyl (C=O) groups is 1. The van der Waals surface area contributed by atoms with Crippen LogP contribution in [0.5, 0.6) is 0 Å². The molecule has 0 aliphatic rings. The predicted molar refractivity (Wildman–Crippen MR) is 103 cm³/mol. The first-order valence-corrected chi connectivity index (χ1v) is 8.32. The molecule has 0 aliphatic heterocycles. The lowest BCUT2D eigenvalue weighted by molar-refractivity contribution is -0.116. The molecule has 1 N–H and O–H groups in total. The maximum Gasteiger partial charge on any atom is 0.254 e. The molecule has 0 saturated carbocycles. The van der Waals surface area contributed by atoms with Gasteiger partial charge in [-0.05, 0) is 48.5 Å². The minimum Gasteiger partial charge on any atom is -0.378 e. The Labute approximate surface area is 155 Å². The predicted octanol–water partition coefficient (Wildman–Crippen LogP) is 2.75.